The van der Waals surface area contributed by atoms with Crippen molar-refractivity contribution < 1.29 is 24.2 Å². The highest BCUT2D eigenvalue weighted by Crippen LogP contribution is 2.32. The molecule has 3 atom stereocenters. The van der Waals surface area contributed by atoms with Gasteiger partial charge in [-0.2, -0.15) is 0 Å². The molecule has 0 aromatic heterocycles. The van der Waals surface area contributed by atoms with Gasteiger partial charge in [0, 0.05) is 0 Å². The zero-order valence-electron chi connectivity index (χ0n) is 9.43. The van der Waals surface area contributed by atoms with E-state index < -0.39 is 18.5 Å². The third-order valence-corrected chi connectivity index (χ3v) is 2.52. The molecule has 0 amide bonds. The summed E-state index contributed by atoms with van der Waals surface area (Å²) < 4.78 is 10.8. The van der Waals surface area contributed by atoms with Crippen molar-refractivity contribution in [1.82, 2.24) is 0 Å². The molecule has 90 valence electrons. The van der Waals surface area contributed by atoms with Gasteiger partial charge in [-0.15, -0.1) is 0 Å². The molecule has 1 N–H and O–H groups in total. The number of aldehydes is 1. The zero-order valence-corrected chi connectivity index (χ0v) is 9.43. The summed E-state index contributed by atoms with van der Waals surface area (Å²) in [6, 6.07) is 0. The number of rotatable bonds is 5. The highest BCUT2D eigenvalue weighted by atomic mass is 16.8. The monoisotopic (exact) mass is 228 g/mol. The molecule has 1 aliphatic rings. The summed E-state index contributed by atoms with van der Waals surface area (Å²) in [4.78, 5) is 21.4. The molecule has 1 fully saturated rings. The van der Waals surface area contributed by atoms with Crippen LogP contribution in [-0.2, 0) is 19.1 Å². The second kappa shape index (κ2) is 5.37. The van der Waals surface area contributed by atoms with E-state index in [0.717, 1.165) is 6.42 Å². The van der Waals surface area contributed by atoms with Crippen molar-refractivity contribution in [2.75, 3.05) is 6.61 Å². The Morgan fingerprint density at radius 1 is 1.56 bits per heavy atom. The van der Waals surface area contributed by atoms with Crippen molar-refractivity contribution in [1.29, 1.82) is 0 Å². The zero-order chi connectivity index (χ0) is 12.2. The number of hydrogen-bond donors (Lipinski definition) is 1. The van der Waals surface area contributed by atoms with Crippen LogP contribution in [0.15, 0.2) is 5.57 Å². The molecular formula is C11H16O5. The smallest absolute Gasteiger partial charge is 0.223 e. The minimum Gasteiger partial charge on any atom is -0.391 e. The fraction of sp³-hybridized carbons (Fsp3) is 0.727. The molecule has 1 heterocycles. The van der Waals surface area contributed by atoms with Crippen molar-refractivity contribution in [3.05, 3.63) is 5.57 Å². The average Bonchev–Trinajstić information content (AvgIpc) is 2.60. The number of carbonyl (C=O) groups excluding carboxylic acids is 2. The van der Waals surface area contributed by atoms with Crippen LogP contribution in [-0.4, -0.2) is 41.9 Å². The average molecular weight is 228 g/mol. The summed E-state index contributed by atoms with van der Waals surface area (Å²) in [6.07, 6.45) is 0.965. The SMILES string of the molecule is CCCC1OC(C)(C=O)OC1C(=C=O)CO. The van der Waals surface area contributed by atoms with Gasteiger partial charge in [0.15, 0.2) is 6.29 Å². The summed E-state index contributed by atoms with van der Waals surface area (Å²) in [5.74, 6) is 0.308. The highest BCUT2D eigenvalue weighted by molar-refractivity contribution is 5.61. The van der Waals surface area contributed by atoms with E-state index in [0.29, 0.717) is 12.7 Å². The number of ether oxygens (including phenoxy) is 2. The summed E-state index contributed by atoms with van der Waals surface area (Å²) in [5.41, 5.74) is 0.0871. The fourth-order valence-electron chi connectivity index (χ4n) is 1.74. The molecule has 5 heteroatoms. The van der Waals surface area contributed by atoms with Crippen LogP contribution in [0.25, 0.3) is 0 Å². The minimum atomic E-state index is -1.33. The van der Waals surface area contributed by atoms with Gasteiger partial charge in [0.05, 0.1) is 18.3 Å². The molecule has 1 aliphatic heterocycles. The van der Waals surface area contributed by atoms with E-state index in [1.54, 1.807) is 5.94 Å². The Morgan fingerprint density at radius 2 is 2.25 bits per heavy atom. The maximum Gasteiger partial charge on any atom is 0.223 e. The molecule has 0 aromatic carbocycles. The molecule has 1 saturated heterocycles. The summed E-state index contributed by atoms with van der Waals surface area (Å²) in [7, 11) is 0. The van der Waals surface area contributed by atoms with Crippen molar-refractivity contribution in [2.45, 2.75) is 44.7 Å². The lowest BCUT2D eigenvalue weighted by molar-refractivity contribution is -0.167. The third-order valence-electron chi connectivity index (χ3n) is 2.52. The Labute approximate surface area is 94.0 Å². The van der Waals surface area contributed by atoms with E-state index in [4.69, 9.17) is 14.6 Å². The standard InChI is InChI=1S/C11H16O5/c1-3-4-9-10(8(5-12)6-13)16-11(2,7-14)15-9/h7,9-10,12H,3-5H2,1-2H3. The normalized spacial score (nSPS) is 33.4. The lowest BCUT2D eigenvalue weighted by Crippen LogP contribution is -2.29. The first-order chi connectivity index (χ1) is 7.60. The lowest BCUT2D eigenvalue weighted by atomic mass is 10.0. The molecule has 5 nitrogen and oxygen atoms in total. The largest absolute Gasteiger partial charge is 0.391 e. The molecule has 0 bridgehead atoms. The van der Waals surface area contributed by atoms with Crippen molar-refractivity contribution >= 4 is 12.2 Å². The van der Waals surface area contributed by atoms with Gasteiger partial charge >= 0.3 is 0 Å². The number of hydrogen-bond acceptors (Lipinski definition) is 5. The molecule has 3 unspecified atom stereocenters. The van der Waals surface area contributed by atoms with E-state index in [-0.39, 0.29) is 11.7 Å². The van der Waals surface area contributed by atoms with Crippen molar-refractivity contribution in [2.24, 2.45) is 0 Å². The molecular weight excluding hydrogens is 212 g/mol. The van der Waals surface area contributed by atoms with Gasteiger partial charge in [-0.1, -0.05) is 13.3 Å². The lowest BCUT2D eigenvalue weighted by Gasteiger charge is -2.15. The first kappa shape index (κ1) is 13.1. The first-order valence-electron chi connectivity index (χ1n) is 5.27. The van der Waals surface area contributed by atoms with Gasteiger partial charge in [-0.25, -0.2) is 4.79 Å². The van der Waals surface area contributed by atoms with Crippen LogP contribution in [0.1, 0.15) is 26.7 Å². The van der Waals surface area contributed by atoms with Crippen molar-refractivity contribution in [3.63, 3.8) is 0 Å². The summed E-state index contributed by atoms with van der Waals surface area (Å²) >= 11 is 0. The predicted octanol–water partition coefficient (Wildman–Crippen LogP) is 0.236. The van der Waals surface area contributed by atoms with Gasteiger partial charge in [0.25, 0.3) is 0 Å². The quantitative estimate of drug-likeness (QED) is 0.539. The van der Waals surface area contributed by atoms with Crippen LogP contribution >= 0.6 is 0 Å². The molecule has 1 rings (SSSR count). The Hall–Kier alpha value is -1.00. The maximum atomic E-state index is 10.8. The second-order valence-corrected chi connectivity index (χ2v) is 3.90. The van der Waals surface area contributed by atoms with E-state index in [2.05, 4.69) is 0 Å². The van der Waals surface area contributed by atoms with Crippen LogP contribution in [0.2, 0.25) is 0 Å². The van der Waals surface area contributed by atoms with Gasteiger partial charge < -0.3 is 14.6 Å². The van der Waals surface area contributed by atoms with Crippen molar-refractivity contribution in [3.8, 4) is 0 Å². The number of aliphatic hydroxyl groups is 1. The number of carbonyl (C=O) groups is 1. The third kappa shape index (κ3) is 2.57. The van der Waals surface area contributed by atoms with E-state index in [1.807, 2.05) is 6.92 Å². The highest BCUT2D eigenvalue weighted by Gasteiger charge is 2.45. The Morgan fingerprint density at radius 3 is 2.69 bits per heavy atom. The van der Waals surface area contributed by atoms with Crippen LogP contribution in [0.5, 0.6) is 0 Å². The summed E-state index contributed by atoms with van der Waals surface area (Å²) in [6.45, 7) is 3.01. The molecule has 0 radical (unpaired) electrons. The number of aliphatic hydroxyl groups excluding tert-OH is 1. The van der Waals surface area contributed by atoms with Gasteiger partial charge in [0.1, 0.15) is 12.0 Å². The minimum absolute atomic E-state index is 0.0871. The topological polar surface area (TPSA) is 72.8 Å². The molecule has 0 aliphatic carbocycles. The maximum absolute atomic E-state index is 10.8. The molecule has 0 spiro atoms. The fourth-order valence-corrected chi connectivity index (χ4v) is 1.74. The predicted molar refractivity (Wildman–Crippen MR) is 55.4 cm³/mol. The van der Waals surface area contributed by atoms with E-state index in [1.165, 1.54) is 6.92 Å². The Kier molecular flexibility index (Phi) is 4.38. The van der Waals surface area contributed by atoms with Crippen LogP contribution in [0, 0.1) is 0 Å². The van der Waals surface area contributed by atoms with Gasteiger partial charge in [0.2, 0.25) is 5.79 Å². The van der Waals surface area contributed by atoms with Crippen LogP contribution in [0.3, 0.4) is 0 Å². The Balaban J connectivity index is 2.89. The van der Waals surface area contributed by atoms with Gasteiger partial charge in [-0.05, 0) is 13.3 Å². The first-order valence-corrected chi connectivity index (χ1v) is 5.27. The molecule has 0 saturated carbocycles. The van der Waals surface area contributed by atoms with E-state index in [9.17, 15) is 9.59 Å². The second-order valence-electron chi connectivity index (χ2n) is 3.90. The molecule has 16 heavy (non-hydrogen) atoms. The Bertz CT molecular complexity index is 307. The van der Waals surface area contributed by atoms with E-state index >= 15 is 0 Å². The van der Waals surface area contributed by atoms with Crippen LogP contribution in [0.4, 0.5) is 0 Å². The van der Waals surface area contributed by atoms with Gasteiger partial charge in [-0.3, -0.25) is 4.79 Å². The summed E-state index contributed by atoms with van der Waals surface area (Å²) in [5, 5.41) is 8.99. The van der Waals surface area contributed by atoms with Crippen LogP contribution < -0.4 is 0 Å². The molecule has 0 aromatic rings.